The minimum atomic E-state index is -4.16. The van der Waals surface area contributed by atoms with Gasteiger partial charge in [0.2, 0.25) is 5.28 Å². The molecule has 1 aromatic heterocycles. The monoisotopic (exact) mass is 239 g/mol. The zero-order chi connectivity index (χ0) is 11.5. The minimum absolute atomic E-state index is 0.0198. The van der Waals surface area contributed by atoms with E-state index in [1.54, 1.807) is 0 Å². The molecule has 7 heteroatoms. The summed E-state index contributed by atoms with van der Waals surface area (Å²) in [6.07, 6.45) is -3.65. The highest BCUT2D eigenvalue weighted by molar-refractivity contribution is 6.28. The summed E-state index contributed by atoms with van der Waals surface area (Å²) in [5.41, 5.74) is 0. The van der Waals surface area contributed by atoms with E-state index in [0.29, 0.717) is 5.82 Å². The molecule has 0 unspecified atom stereocenters. The molecule has 1 aromatic rings. The topological polar surface area (TPSA) is 29.0 Å². The third kappa shape index (κ3) is 4.33. The van der Waals surface area contributed by atoms with Crippen molar-refractivity contribution in [3.8, 4) is 0 Å². The molecule has 0 radical (unpaired) electrons. The van der Waals surface area contributed by atoms with Crippen LogP contribution in [0.2, 0.25) is 5.28 Å². The van der Waals surface area contributed by atoms with Gasteiger partial charge in [0.1, 0.15) is 5.82 Å². The van der Waals surface area contributed by atoms with Gasteiger partial charge in [0, 0.05) is 19.8 Å². The summed E-state index contributed by atoms with van der Waals surface area (Å²) in [6.45, 7) is -0.156. The van der Waals surface area contributed by atoms with Crippen molar-refractivity contribution >= 4 is 17.4 Å². The van der Waals surface area contributed by atoms with Crippen molar-refractivity contribution in [3.05, 3.63) is 17.5 Å². The highest BCUT2D eigenvalue weighted by Crippen LogP contribution is 2.21. The van der Waals surface area contributed by atoms with E-state index in [4.69, 9.17) is 11.6 Å². The molecular weight excluding hydrogens is 231 g/mol. The molecular formula is C8H9ClF3N3. The minimum Gasteiger partial charge on any atom is -0.359 e. The Hall–Kier alpha value is -1.04. The van der Waals surface area contributed by atoms with Crippen molar-refractivity contribution in [2.24, 2.45) is 0 Å². The summed E-state index contributed by atoms with van der Waals surface area (Å²) in [7, 11) is 1.52. The predicted molar refractivity (Wildman–Crippen MR) is 51.0 cm³/mol. The van der Waals surface area contributed by atoms with E-state index in [9.17, 15) is 13.2 Å². The first-order chi connectivity index (χ1) is 6.88. The lowest BCUT2D eigenvalue weighted by molar-refractivity contribution is -0.132. The van der Waals surface area contributed by atoms with Gasteiger partial charge in [0.25, 0.3) is 0 Å². The number of halogens is 4. The molecule has 0 bridgehead atoms. The molecule has 0 aliphatic rings. The predicted octanol–water partition coefficient (Wildman–Crippen LogP) is 2.52. The van der Waals surface area contributed by atoms with E-state index in [2.05, 4.69) is 9.97 Å². The number of aromatic nitrogens is 2. The van der Waals surface area contributed by atoms with E-state index in [0.717, 1.165) is 0 Å². The SMILES string of the molecule is CN(CCC(F)(F)F)c1ccnc(Cl)n1. The first-order valence-electron chi connectivity index (χ1n) is 4.15. The maximum atomic E-state index is 11.9. The van der Waals surface area contributed by atoms with Gasteiger partial charge < -0.3 is 4.90 Å². The van der Waals surface area contributed by atoms with Crippen LogP contribution in [0.5, 0.6) is 0 Å². The summed E-state index contributed by atoms with van der Waals surface area (Å²) < 4.78 is 35.8. The highest BCUT2D eigenvalue weighted by Gasteiger charge is 2.27. The van der Waals surface area contributed by atoms with Crippen LogP contribution in [0.25, 0.3) is 0 Å². The average Bonchev–Trinajstić information content (AvgIpc) is 2.13. The molecule has 0 aliphatic carbocycles. The summed E-state index contributed by atoms with van der Waals surface area (Å²) in [5.74, 6) is 0.374. The molecule has 1 heterocycles. The average molecular weight is 240 g/mol. The van der Waals surface area contributed by atoms with Crippen LogP contribution in [0.3, 0.4) is 0 Å². The number of rotatable bonds is 3. The molecule has 15 heavy (non-hydrogen) atoms. The molecule has 0 aromatic carbocycles. The van der Waals surface area contributed by atoms with Crippen LogP contribution < -0.4 is 4.90 Å². The first-order valence-corrected chi connectivity index (χ1v) is 4.53. The van der Waals surface area contributed by atoms with Crippen LogP contribution in [0, 0.1) is 0 Å². The Labute approximate surface area is 89.9 Å². The normalized spacial score (nSPS) is 11.5. The molecule has 0 aliphatic heterocycles. The van der Waals surface area contributed by atoms with Crippen LogP contribution in [-0.4, -0.2) is 29.7 Å². The maximum Gasteiger partial charge on any atom is 0.390 e. The number of hydrogen-bond acceptors (Lipinski definition) is 3. The van der Waals surface area contributed by atoms with Gasteiger partial charge >= 0.3 is 6.18 Å². The highest BCUT2D eigenvalue weighted by atomic mass is 35.5. The molecule has 0 N–H and O–H groups in total. The Morgan fingerprint density at radius 1 is 1.47 bits per heavy atom. The van der Waals surface area contributed by atoms with E-state index in [1.807, 2.05) is 0 Å². The number of hydrogen-bond donors (Lipinski definition) is 0. The van der Waals surface area contributed by atoms with E-state index < -0.39 is 12.6 Å². The molecule has 84 valence electrons. The Morgan fingerprint density at radius 2 is 2.13 bits per heavy atom. The molecule has 0 fully saturated rings. The maximum absolute atomic E-state index is 11.9. The first kappa shape index (κ1) is 12.0. The molecule has 0 saturated heterocycles. The Bertz CT molecular complexity index is 329. The van der Waals surface area contributed by atoms with Crippen LogP contribution >= 0.6 is 11.6 Å². The van der Waals surface area contributed by atoms with Crippen LogP contribution in [0.1, 0.15) is 6.42 Å². The van der Waals surface area contributed by atoms with Gasteiger partial charge in [-0.1, -0.05) is 0 Å². The Morgan fingerprint density at radius 3 is 2.67 bits per heavy atom. The van der Waals surface area contributed by atoms with Crippen molar-refractivity contribution in [1.29, 1.82) is 0 Å². The van der Waals surface area contributed by atoms with Crippen molar-refractivity contribution in [1.82, 2.24) is 9.97 Å². The zero-order valence-corrected chi connectivity index (χ0v) is 8.68. The van der Waals surface area contributed by atoms with Gasteiger partial charge in [-0.2, -0.15) is 13.2 Å². The fraction of sp³-hybridized carbons (Fsp3) is 0.500. The largest absolute Gasteiger partial charge is 0.390 e. The summed E-state index contributed by atoms with van der Waals surface area (Å²) in [4.78, 5) is 8.80. The molecule has 0 atom stereocenters. The van der Waals surface area contributed by atoms with E-state index in [1.165, 1.54) is 24.2 Å². The molecule has 0 spiro atoms. The van der Waals surface area contributed by atoms with Gasteiger partial charge in [-0.15, -0.1) is 0 Å². The fourth-order valence-corrected chi connectivity index (χ4v) is 1.09. The van der Waals surface area contributed by atoms with Gasteiger partial charge in [-0.3, -0.25) is 0 Å². The quantitative estimate of drug-likeness (QED) is 0.759. The lowest BCUT2D eigenvalue weighted by Crippen LogP contribution is -2.24. The second kappa shape index (κ2) is 4.65. The number of nitrogens with zero attached hydrogens (tertiary/aromatic N) is 3. The van der Waals surface area contributed by atoms with Crippen LogP contribution in [-0.2, 0) is 0 Å². The Balaban J connectivity index is 2.58. The number of anilines is 1. The van der Waals surface area contributed by atoms with Crippen molar-refractivity contribution in [3.63, 3.8) is 0 Å². The second-order valence-corrected chi connectivity index (χ2v) is 3.31. The van der Waals surface area contributed by atoms with Crippen LogP contribution in [0.15, 0.2) is 12.3 Å². The second-order valence-electron chi connectivity index (χ2n) is 2.97. The van der Waals surface area contributed by atoms with Gasteiger partial charge in [0.05, 0.1) is 6.42 Å². The molecule has 0 amide bonds. The summed E-state index contributed by atoms with van der Waals surface area (Å²) in [6, 6.07) is 1.50. The Kier molecular flexibility index (Phi) is 3.73. The summed E-state index contributed by atoms with van der Waals surface area (Å²) >= 11 is 5.51. The van der Waals surface area contributed by atoms with Crippen molar-refractivity contribution in [2.75, 3.05) is 18.5 Å². The van der Waals surface area contributed by atoms with Gasteiger partial charge in [0.15, 0.2) is 0 Å². The zero-order valence-electron chi connectivity index (χ0n) is 7.92. The lowest BCUT2D eigenvalue weighted by Gasteiger charge is -2.18. The molecule has 0 saturated carbocycles. The van der Waals surface area contributed by atoms with Gasteiger partial charge in [-0.25, -0.2) is 9.97 Å². The van der Waals surface area contributed by atoms with Crippen molar-refractivity contribution in [2.45, 2.75) is 12.6 Å². The number of alkyl halides is 3. The van der Waals surface area contributed by atoms with Crippen LogP contribution in [0.4, 0.5) is 19.0 Å². The van der Waals surface area contributed by atoms with E-state index in [-0.39, 0.29) is 11.8 Å². The summed E-state index contributed by atoms with van der Waals surface area (Å²) in [5, 5.41) is 0.0198. The molecule has 3 nitrogen and oxygen atoms in total. The lowest BCUT2D eigenvalue weighted by atomic mass is 10.4. The van der Waals surface area contributed by atoms with Gasteiger partial charge in [-0.05, 0) is 17.7 Å². The molecule has 1 rings (SSSR count). The third-order valence-corrected chi connectivity index (χ3v) is 1.92. The fourth-order valence-electron chi connectivity index (χ4n) is 0.948. The van der Waals surface area contributed by atoms with E-state index >= 15 is 0 Å². The van der Waals surface area contributed by atoms with Crippen molar-refractivity contribution < 1.29 is 13.2 Å². The smallest absolute Gasteiger partial charge is 0.359 e. The third-order valence-electron chi connectivity index (χ3n) is 1.73. The standard InChI is InChI=1S/C8H9ClF3N3/c1-15(5-3-8(10,11)12)6-2-4-13-7(9)14-6/h2,4H,3,5H2,1H3.